The second-order valence-electron chi connectivity index (χ2n) is 36.1. The van der Waals surface area contributed by atoms with Crippen LogP contribution in [0.3, 0.4) is 0 Å². The molecule has 0 spiro atoms. The summed E-state index contributed by atoms with van der Waals surface area (Å²) in [6.07, 6.45) is 10.7. The van der Waals surface area contributed by atoms with Crippen LogP contribution in [0.25, 0.3) is 0 Å². The first kappa shape index (κ1) is 89.4. The largest absolute Gasteiger partial charge is 0.351 e. The number of amides is 5. The summed E-state index contributed by atoms with van der Waals surface area (Å²) in [6.45, 7) is 55.9. The summed E-state index contributed by atoms with van der Waals surface area (Å²) in [5.41, 5.74) is 3.83. The first-order valence-electron chi connectivity index (χ1n) is 40.3. The summed E-state index contributed by atoms with van der Waals surface area (Å²) >= 11 is 5.95. The van der Waals surface area contributed by atoms with Gasteiger partial charge in [-0.25, -0.2) is 0 Å². The molecule has 0 bridgehead atoms. The summed E-state index contributed by atoms with van der Waals surface area (Å²) in [4.78, 5) is 74.9. The van der Waals surface area contributed by atoms with Gasteiger partial charge in [0.15, 0.2) is 0 Å². The molecule has 5 aromatic carbocycles. The number of nitrogens with one attached hydrogen (secondary N) is 5. The number of nitrogens with zero attached hydrogens (tertiary/aromatic N) is 5. The molecule has 0 radical (unpaired) electrons. The van der Waals surface area contributed by atoms with Gasteiger partial charge in [0, 0.05) is 129 Å². The lowest BCUT2D eigenvalue weighted by Crippen LogP contribution is -2.57. The maximum absolute atomic E-state index is 12.9. The van der Waals surface area contributed by atoms with Gasteiger partial charge in [0.2, 0.25) is 29.5 Å². The second kappa shape index (κ2) is 40.0. The highest BCUT2D eigenvalue weighted by Gasteiger charge is 2.41. The minimum Gasteiger partial charge on any atom is -0.351 e. The topological polar surface area (TPSA) is 162 Å². The van der Waals surface area contributed by atoms with E-state index in [1.807, 2.05) is 161 Å². The Labute approximate surface area is 653 Å². The molecule has 5 aliphatic heterocycles. The molecule has 10 rings (SSSR count). The number of rotatable bonds is 21. The van der Waals surface area contributed by atoms with E-state index in [9.17, 15) is 24.0 Å². The zero-order valence-electron chi connectivity index (χ0n) is 70.0. The minimum absolute atomic E-state index is 0.0444. The fourth-order valence-electron chi connectivity index (χ4n) is 15.1. The smallest absolute Gasteiger partial charge is 0.230 e. The predicted octanol–water partition coefficient (Wildman–Crippen LogP) is 15.9. The standard InChI is InChI=1S/C20H32N2O.C19H29ClN2O.C19H30N2O.C17H26N2O.C16H24N2O/c1-16(2)22-13-11-20(5,12-14-22)21-18(23)15-19(3,4)17-9-7-6-8-10-17;1-14(2)22-12-10-19(5,11-13-22)21-17(23)18(3,4)15-6-8-16(20)9-7-15;1-15(2)21-13-11-19(5,12-14-21)20-17(22)18(3,4)16-9-7-6-8-10-16;1-14(2)19-11-9-17(3,10-12-19)18-16(20)13-15-7-5-4-6-8-15;1-13(2)18-10-9-16(3,12-18)17-15(19)11-14-7-5-4-6-8-14/h6-10,16H,11-15H2,1-5H3,(H,21,23);6-9,14H,10-13H2,1-5H3,(H,21,23);6-10,15H,11-14H2,1-5H3,(H,20,22);4-8,14H,9-13H2,1-3H3,(H,18,20);4-8,13H,9-12H2,1-3H3,(H,17,19). The van der Waals surface area contributed by atoms with Crippen LogP contribution in [0.4, 0.5) is 0 Å². The van der Waals surface area contributed by atoms with E-state index in [1.54, 1.807) is 0 Å². The summed E-state index contributed by atoms with van der Waals surface area (Å²) in [5, 5.41) is 17.1. The van der Waals surface area contributed by atoms with Gasteiger partial charge < -0.3 is 46.2 Å². The van der Waals surface area contributed by atoms with Crippen molar-refractivity contribution in [1.29, 1.82) is 0 Å². The molecule has 1 atom stereocenters. The van der Waals surface area contributed by atoms with Gasteiger partial charge in [0.05, 0.1) is 29.2 Å². The van der Waals surface area contributed by atoms with Crippen molar-refractivity contribution in [1.82, 2.24) is 51.1 Å². The highest BCUT2D eigenvalue weighted by atomic mass is 35.5. The van der Waals surface area contributed by atoms with Gasteiger partial charge in [-0.3, -0.25) is 28.9 Å². The number of halogens is 1. The van der Waals surface area contributed by atoms with Crippen molar-refractivity contribution >= 4 is 41.1 Å². The number of carbonyl (C=O) groups excluding carboxylic acids is 5. The predicted molar refractivity (Wildman–Crippen MR) is 446 cm³/mol. The number of benzene rings is 5. The highest BCUT2D eigenvalue weighted by Crippen LogP contribution is 2.33. The second-order valence-corrected chi connectivity index (χ2v) is 36.5. The summed E-state index contributed by atoms with van der Waals surface area (Å²) in [6, 6.07) is 50.6. The van der Waals surface area contributed by atoms with E-state index in [4.69, 9.17) is 11.6 Å². The Balaban J connectivity index is 0.000000210. The van der Waals surface area contributed by atoms with Crippen LogP contribution in [0.2, 0.25) is 5.02 Å². The van der Waals surface area contributed by atoms with Gasteiger partial charge in [0.25, 0.3) is 0 Å². The Morgan fingerprint density at radius 2 is 0.589 bits per heavy atom. The zero-order valence-corrected chi connectivity index (χ0v) is 70.7. The fraction of sp³-hybridized carbons (Fsp3) is 0.615. The summed E-state index contributed by atoms with van der Waals surface area (Å²) < 4.78 is 0. The van der Waals surface area contributed by atoms with Crippen LogP contribution >= 0.6 is 11.6 Å². The van der Waals surface area contributed by atoms with Crippen molar-refractivity contribution in [3.05, 3.63) is 178 Å². The maximum Gasteiger partial charge on any atom is 0.230 e. The number of hydrogen-bond donors (Lipinski definition) is 5. The third kappa shape index (κ3) is 28.4. The van der Waals surface area contributed by atoms with Crippen molar-refractivity contribution in [2.45, 2.75) is 297 Å². The molecular formula is C91H141ClN10O5. The molecule has 5 amide bonds. The van der Waals surface area contributed by atoms with Crippen molar-refractivity contribution < 1.29 is 24.0 Å². The SMILES string of the molecule is CC(C)N1CCC(C)(NC(=O)C(C)(C)c2ccc(Cl)cc2)CC1.CC(C)N1CCC(C)(NC(=O)C(C)(C)c2ccccc2)CC1.CC(C)N1CCC(C)(NC(=O)CC(C)(C)c2ccccc2)CC1.CC(C)N1CCC(C)(NC(=O)Cc2ccccc2)C1.CC(C)N1CCC(C)(NC(=O)Cc2ccccc2)CC1. The lowest BCUT2D eigenvalue weighted by molar-refractivity contribution is -0.129. The molecule has 0 aliphatic carbocycles. The molecule has 0 aromatic heterocycles. The average molecular weight is 1490 g/mol. The van der Waals surface area contributed by atoms with Gasteiger partial charge in [-0.1, -0.05) is 159 Å². The summed E-state index contributed by atoms with van der Waals surface area (Å²) in [7, 11) is 0. The lowest BCUT2D eigenvalue weighted by atomic mass is 9.80. The van der Waals surface area contributed by atoms with Crippen molar-refractivity contribution in [3.8, 4) is 0 Å². The summed E-state index contributed by atoms with van der Waals surface area (Å²) in [5.74, 6) is 0.634. The Morgan fingerprint density at radius 3 is 0.897 bits per heavy atom. The van der Waals surface area contributed by atoms with Gasteiger partial charge >= 0.3 is 0 Å². The Morgan fingerprint density at radius 1 is 0.336 bits per heavy atom. The van der Waals surface area contributed by atoms with Crippen LogP contribution in [0.15, 0.2) is 146 Å². The third-order valence-corrected chi connectivity index (χ3v) is 23.9. The molecule has 5 aliphatic rings. The maximum atomic E-state index is 12.9. The van der Waals surface area contributed by atoms with Crippen LogP contribution in [-0.4, -0.2) is 177 Å². The van der Waals surface area contributed by atoms with Gasteiger partial charge in [-0.05, 0) is 235 Å². The quantitative estimate of drug-likeness (QED) is 0.0478. The van der Waals surface area contributed by atoms with E-state index >= 15 is 0 Å². The third-order valence-electron chi connectivity index (χ3n) is 23.7. The van der Waals surface area contributed by atoms with Crippen LogP contribution in [0, 0.1) is 0 Å². The molecule has 16 heteroatoms. The normalized spacial score (nSPS) is 19.8. The monoisotopic (exact) mass is 1490 g/mol. The number of piperidine rings is 4. The number of likely N-dealkylation sites (tertiary alicyclic amines) is 5. The molecule has 0 saturated carbocycles. The van der Waals surface area contributed by atoms with E-state index in [2.05, 4.69) is 181 Å². The Hall–Kier alpha value is -6.46. The van der Waals surface area contributed by atoms with Crippen molar-refractivity contribution in [3.63, 3.8) is 0 Å². The first-order chi connectivity index (χ1) is 50.1. The molecule has 15 nitrogen and oxygen atoms in total. The molecule has 1 unspecified atom stereocenters. The van der Waals surface area contributed by atoms with Gasteiger partial charge in [-0.15, -0.1) is 0 Å². The minimum atomic E-state index is -0.567. The van der Waals surface area contributed by atoms with E-state index in [1.165, 1.54) is 5.56 Å². The van der Waals surface area contributed by atoms with E-state index in [0.717, 1.165) is 145 Å². The number of hydrogen-bond acceptors (Lipinski definition) is 10. The van der Waals surface area contributed by atoms with E-state index in [-0.39, 0.29) is 62.6 Å². The van der Waals surface area contributed by atoms with Gasteiger partial charge in [-0.2, -0.15) is 0 Å². The molecule has 5 aromatic rings. The Bertz CT molecular complexity index is 3500. The van der Waals surface area contributed by atoms with Crippen molar-refractivity contribution in [2.24, 2.45) is 0 Å². The van der Waals surface area contributed by atoms with E-state index < -0.39 is 10.8 Å². The van der Waals surface area contributed by atoms with Gasteiger partial charge in [0.1, 0.15) is 0 Å². The molecule has 5 heterocycles. The van der Waals surface area contributed by atoms with Crippen molar-refractivity contribution in [2.75, 3.05) is 65.4 Å². The van der Waals surface area contributed by atoms with Crippen LogP contribution in [0.1, 0.15) is 237 Å². The zero-order chi connectivity index (χ0) is 79.2. The average Bonchev–Trinajstić information content (AvgIpc) is 1.60. The van der Waals surface area contributed by atoms with Crippen LogP contribution < -0.4 is 26.6 Å². The highest BCUT2D eigenvalue weighted by molar-refractivity contribution is 6.30. The van der Waals surface area contributed by atoms with Crippen LogP contribution in [-0.2, 0) is 53.1 Å². The first-order valence-corrected chi connectivity index (χ1v) is 40.7. The van der Waals surface area contributed by atoms with Crippen LogP contribution in [0.5, 0.6) is 0 Å². The molecule has 107 heavy (non-hydrogen) atoms. The molecular weight excluding hydrogens is 1350 g/mol. The molecule has 5 N–H and O–H groups in total. The lowest BCUT2D eigenvalue weighted by Gasteiger charge is -2.43. The Kier molecular flexibility index (Phi) is 33.4. The fourth-order valence-corrected chi connectivity index (χ4v) is 15.2. The molecule has 5 saturated heterocycles. The van der Waals surface area contributed by atoms with E-state index in [0.29, 0.717) is 54.5 Å². The number of carbonyl (C=O) groups is 5. The molecule has 592 valence electrons. The molecule has 5 fully saturated rings.